The molecule has 0 aromatic heterocycles. The molecule has 1 aromatic carbocycles. The molecule has 0 amide bonds. The van der Waals surface area contributed by atoms with Crippen molar-refractivity contribution in [2.75, 3.05) is 0 Å². The Bertz CT molecular complexity index is 179. The van der Waals surface area contributed by atoms with E-state index >= 15 is 0 Å². The normalized spacial score (nSPS) is 9.56. The van der Waals surface area contributed by atoms with Gasteiger partial charge in [-0.1, -0.05) is 23.7 Å². The molecule has 0 saturated carbocycles. The predicted molar refractivity (Wildman–Crippen MR) is 39.7 cm³/mol. The van der Waals surface area contributed by atoms with Crippen molar-refractivity contribution >= 4 is 23.2 Å². The van der Waals surface area contributed by atoms with Gasteiger partial charge in [-0.15, -0.1) is 11.6 Å². The lowest BCUT2D eigenvalue weighted by Gasteiger charge is -1.90. The fraction of sp³-hybridized carbons (Fsp3) is 0. The zero-order valence-corrected chi connectivity index (χ0v) is 6.08. The maximum atomic E-state index is 5.60. The van der Waals surface area contributed by atoms with Crippen molar-refractivity contribution in [2.45, 2.75) is 0 Å². The fourth-order valence-corrected chi connectivity index (χ4v) is 0.765. The summed E-state index contributed by atoms with van der Waals surface area (Å²) in [5.74, 6) is 2.47. The van der Waals surface area contributed by atoms with E-state index in [2.05, 4.69) is 5.88 Å². The van der Waals surface area contributed by atoms with Gasteiger partial charge in [0, 0.05) is 5.02 Å². The van der Waals surface area contributed by atoms with E-state index in [4.69, 9.17) is 23.2 Å². The van der Waals surface area contributed by atoms with Crippen LogP contribution in [0.4, 0.5) is 0 Å². The third kappa shape index (κ3) is 1.88. The quantitative estimate of drug-likeness (QED) is 0.590. The van der Waals surface area contributed by atoms with Crippen LogP contribution in [-0.4, -0.2) is 0 Å². The molecular formula is C7H4Cl2. The zero-order chi connectivity index (χ0) is 6.69. The van der Waals surface area contributed by atoms with Crippen molar-refractivity contribution < 1.29 is 0 Å². The van der Waals surface area contributed by atoms with Gasteiger partial charge in [-0.25, -0.2) is 0 Å². The smallest absolute Gasteiger partial charge is 0.109 e. The lowest BCUT2D eigenvalue weighted by molar-refractivity contribution is 1.59. The first-order valence-electron chi connectivity index (χ1n) is 2.45. The van der Waals surface area contributed by atoms with Crippen LogP contribution in [0.25, 0.3) is 0 Å². The SMILES string of the molecule is Cl[C]c1ccc(Cl)cc1. The van der Waals surface area contributed by atoms with Gasteiger partial charge in [0.1, 0.15) is 5.88 Å². The van der Waals surface area contributed by atoms with Gasteiger partial charge < -0.3 is 0 Å². The standard InChI is InChI=1S/C7H4Cl2/c8-5-6-1-3-7(9)4-2-6/h1-4H. The molecule has 0 nitrogen and oxygen atoms in total. The summed E-state index contributed by atoms with van der Waals surface area (Å²) in [6, 6.07) is 7.14. The summed E-state index contributed by atoms with van der Waals surface area (Å²) in [4.78, 5) is 0. The summed E-state index contributed by atoms with van der Waals surface area (Å²) in [7, 11) is 0. The predicted octanol–water partition coefficient (Wildman–Crippen LogP) is 2.97. The third-order valence-corrected chi connectivity index (χ3v) is 1.42. The summed E-state index contributed by atoms with van der Waals surface area (Å²) >= 11 is 10.9. The minimum absolute atomic E-state index is 0.714. The number of halogens is 2. The molecule has 0 fully saturated rings. The Balaban J connectivity index is 2.88. The van der Waals surface area contributed by atoms with Crippen LogP contribution >= 0.6 is 23.2 Å². The minimum atomic E-state index is 0.714. The molecule has 0 aliphatic rings. The molecule has 46 valence electrons. The summed E-state index contributed by atoms with van der Waals surface area (Å²) in [6.45, 7) is 0. The van der Waals surface area contributed by atoms with Crippen molar-refractivity contribution in [3.8, 4) is 0 Å². The van der Waals surface area contributed by atoms with Gasteiger partial charge in [0.25, 0.3) is 0 Å². The van der Waals surface area contributed by atoms with Crippen LogP contribution in [-0.2, 0) is 0 Å². The fourth-order valence-electron chi connectivity index (χ4n) is 0.513. The van der Waals surface area contributed by atoms with Crippen LogP contribution in [0.15, 0.2) is 24.3 Å². The maximum Gasteiger partial charge on any atom is 0.120 e. The molecule has 0 N–H and O–H groups in total. The Morgan fingerprint density at radius 2 is 1.67 bits per heavy atom. The van der Waals surface area contributed by atoms with Crippen molar-refractivity contribution in [3.63, 3.8) is 0 Å². The van der Waals surface area contributed by atoms with Crippen LogP contribution in [0.1, 0.15) is 5.56 Å². The molecule has 0 heterocycles. The molecule has 0 bridgehead atoms. The highest BCUT2D eigenvalue weighted by Gasteiger charge is 1.88. The van der Waals surface area contributed by atoms with Crippen molar-refractivity contribution in [1.29, 1.82) is 0 Å². The highest BCUT2D eigenvalue weighted by Crippen LogP contribution is 2.11. The zero-order valence-electron chi connectivity index (χ0n) is 4.57. The first-order valence-corrected chi connectivity index (χ1v) is 3.21. The monoisotopic (exact) mass is 158 g/mol. The molecule has 0 saturated heterocycles. The van der Waals surface area contributed by atoms with Gasteiger partial charge in [-0.05, 0) is 17.7 Å². The first kappa shape index (κ1) is 6.91. The second kappa shape index (κ2) is 3.09. The van der Waals surface area contributed by atoms with E-state index in [1.54, 1.807) is 24.3 Å². The van der Waals surface area contributed by atoms with E-state index in [1.807, 2.05) is 0 Å². The first-order chi connectivity index (χ1) is 4.33. The molecule has 2 radical (unpaired) electrons. The van der Waals surface area contributed by atoms with Crippen molar-refractivity contribution in [2.24, 2.45) is 0 Å². The van der Waals surface area contributed by atoms with Crippen molar-refractivity contribution in [3.05, 3.63) is 40.7 Å². The van der Waals surface area contributed by atoms with E-state index < -0.39 is 0 Å². The number of benzene rings is 1. The molecule has 0 spiro atoms. The molecule has 0 aliphatic carbocycles. The molecule has 2 heteroatoms. The van der Waals surface area contributed by atoms with E-state index in [0.29, 0.717) is 5.02 Å². The Morgan fingerprint density at radius 3 is 2.11 bits per heavy atom. The maximum absolute atomic E-state index is 5.60. The van der Waals surface area contributed by atoms with Crippen molar-refractivity contribution in [1.82, 2.24) is 0 Å². The Morgan fingerprint density at radius 1 is 1.11 bits per heavy atom. The second-order valence-electron chi connectivity index (χ2n) is 1.60. The van der Waals surface area contributed by atoms with Gasteiger partial charge >= 0.3 is 0 Å². The Hall–Kier alpha value is -0.200. The number of rotatable bonds is 1. The summed E-state index contributed by atoms with van der Waals surface area (Å²) in [5.41, 5.74) is 0.848. The van der Waals surface area contributed by atoms with E-state index in [1.165, 1.54) is 0 Å². The average molecular weight is 159 g/mol. The molecule has 0 aliphatic heterocycles. The minimum Gasteiger partial charge on any atom is -0.109 e. The summed E-state index contributed by atoms with van der Waals surface area (Å²) in [5, 5.41) is 0.714. The van der Waals surface area contributed by atoms with Gasteiger partial charge in [0.15, 0.2) is 0 Å². The van der Waals surface area contributed by atoms with Gasteiger partial charge in [0.05, 0.1) is 0 Å². The number of hydrogen-bond donors (Lipinski definition) is 0. The highest BCUT2D eigenvalue weighted by molar-refractivity contribution is 6.30. The number of hydrogen-bond acceptors (Lipinski definition) is 0. The third-order valence-electron chi connectivity index (χ3n) is 0.953. The molecule has 1 aromatic rings. The van der Waals surface area contributed by atoms with Crippen LogP contribution < -0.4 is 0 Å². The second-order valence-corrected chi connectivity index (χ2v) is 2.23. The molecule has 9 heavy (non-hydrogen) atoms. The summed E-state index contributed by atoms with van der Waals surface area (Å²) < 4.78 is 0. The lowest BCUT2D eigenvalue weighted by Crippen LogP contribution is -1.71. The van der Waals surface area contributed by atoms with Crippen LogP contribution in [0.3, 0.4) is 0 Å². The van der Waals surface area contributed by atoms with Gasteiger partial charge in [-0.3, -0.25) is 0 Å². The average Bonchev–Trinajstić information content (AvgIpc) is 1.90. The molecule has 1 rings (SSSR count). The van der Waals surface area contributed by atoms with Gasteiger partial charge in [-0.2, -0.15) is 0 Å². The molecular weight excluding hydrogens is 155 g/mol. The highest BCUT2D eigenvalue weighted by atomic mass is 35.5. The van der Waals surface area contributed by atoms with E-state index in [0.717, 1.165) is 5.56 Å². The van der Waals surface area contributed by atoms with E-state index in [9.17, 15) is 0 Å². The Kier molecular flexibility index (Phi) is 2.38. The van der Waals surface area contributed by atoms with Crippen LogP contribution in [0.2, 0.25) is 5.02 Å². The lowest BCUT2D eigenvalue weighted by atomic mass is 10.2. The van der Waals surface area contributed by atoms with E-state index in [-0.39, 0.29) is 0 Å². The Labute approximate surface area is 64.4 Å². The van der Waals surface area contributed by atoms with Crippen LogP contribution in [0.5, 0.6) is 0 Å². The van der Waals surface area contributed by atoms with Gasteiger partial charge in [0.2, 0.25) is 0 Å². The topological polar surface area (TPSA) is 0 Å². The molecule has 0 unspecified atom stereocenters. The van der Waals surface area contributed by atoms with Crippen LogP contribution in [0, 0.1) is 5.88 Å². The molecule has 0 atom stereocenters. The largest absolute Gasteiger partial charge is 0.120 e. The summed E-state index contributed by atoms with van der Waals surface area (Å²) in [6.07, 6.45) is 0.